The van der Waals surface area contributed by atoms with E-state index in [1.807, 2.05) is 13.8 Å². The minimum Gasteiger partial charge on any atom is -0.472 e. The van der Waals surface area contributed by atoms with Crippen LogP contribution < -0.4 is 10.1 Å². The van der Waals surface area contributed by atoms with Crippen molar-refractivity contribution < 1.29 is 19.4 Å². The molecule has 0 bridgehead atoms. The molecule has 3 rings (SSSR count). The van der Waals surface area contributed by atoms with Crippen molar-refractivity contribution in [1.29, 1.82) is 0 Å². The largest absolute Gasteiger partial charge is 0.472 e. The maximum Gasteiger partial charge on any atom is 0.317 e. The van der Waals surface area contributed by atoms with Gasteiger partial charge in [0.05, 0.1) is 19.2 Å². The first-order valence-corrected chi connectivity index (χ1v) is 12.4. The lowest BCUT2D eigenvalue weighted by molar-refractivity contribution is 0.0351. The molecule has 1 aliphatic carbocycles. The highest BCUT2D eigenvalue weighted by atomic mass is 16.5. The van der Waals surface area contributed by atoms with Crippen molar-refractivity contribution in [2.45, 2.75) is 77.5 Å². The maximum absolute atomic E-state index is 13.4. The first-order valence-electron chi connectivity index (χ1n) is 12.4. The number of aliphatic hydroxyl groups is 1. The molecule has 8 heteroatoms. The Morgan fingerprint density at radius 2 is 2.15 bits per heavy atom. The Morgan fingerprint density at radius 1 is 1.41 bits per heavy atom. The van der Waals surface area contributed by atoms with Gasteiger partial charge in [0.15, 0.2) is 0 Å². The Kier molecular flexibility index (Phi) is 9.17. The fraction of sp³-hybridized carbons (Fsp3) is 0.654. The van der Waals surface area contributed by atoms with Crippen LogP contribution in [0.15, 0.2) is 12.3 Å². The number of urea groups is 1. The number of unbranched alkanes of at least 4 members (excludes halogenated alkanes) is 1. The zero-order valence-electron chi connectivity index (χ0n) is 20.8. The molecule has 1 aliphatic heterocycles. The first-order chi connectivity index (χ1) is 16.3. The predicted octanol–water partition coefficient (Wildman–Crippen LogP) is 3.04. The molecule has 8 nitrogen and oxygen atoms in total. The molecule has 1 saturated carbocycles. The molecule has 0 radical (unpaired) electrons. The van der Waals surface area contributed by atoms with Gasteiger partial charge in [-0.3, -0.25) is 4.79 Å². The molecule has 1 aromatic heterocycles. The smallest absolute Gasteiger partial charge is 0.317 e. The van der Waals surface area contributed by atoms with Gasteiger partial charge in [-0.15, -0.1) is 0 Å². The van der Waals surface area contributed by atoms with E-state index in [9.17, 15) is 14.7 Å². The van der Waals surface area contributed by atoms with E-state index in [4.69, 9.17) is 4.74 Å². The lowest BCUT2D eigenvalue weighted by atomic mass is 10.00. The Bertz CT molecular complexity index is 919. The zero-order chi connectivity index (χ0) is 24.7. The van der Waals surface area contributed by atoms with E-state index in [1.165, 1.54) is 0 Å². The summed E-state index contributed by atoms with van der Waals surface area (Å²) < 4.78 is 6.26. The number of amides is 3. The van der Waals surface area contributed by atoms with Gasteiger partial charge in [-0.25, -0.2) is 9.78 Å². The molecule has 0 spiro atoms. The van der Waals surface area contributed by atoms with Gasteiger partial charge in [0.25, 0.3) is 5.91 Å². The van der Waals surface area contributed by atoms with Crippen LogP contribution >= 0.6 is 0 Å². The maximum atomic E-state index is 13.4. The number of aromatic nitrogens is 1. The fourth-order valence-electron chi connectivity index (χ4n) is 4.39. The van der Waals surface area contributed by atoms with Crippen LogP contribution in [0.3, 0.4) is 0 Å². The third kappa shape index (κ3) is 6.41. The van der Waals surface area contributed by atoms with Crippen LogP contribution in [-0.4, -0.2) is 76.8 Å². The minimum absolute atomic E-state index is 0.0846. The second-order valence-corrected chi connectivity index (χ2v) is 9.56. The Morgan fingerprint density at radius 3 is 2.82 bits per heavy atom. The summed E-state index contributed by atoms with van der Waals surface area (Å²) in [5.74, 6) is 6.06. The van der Waals surface area contributed by atoms with E-state index in [1.54, 1.807) is 29.1 Å². The molecule has 1 fully saturated rings. The van der Waals surface area contributed by atoms with Crippen LogP contribution in [0.4, 0.5) is 4.79 Å². The number of fused-ring (bicyclic) bond motifs is 1. The van der Waals surface area contributed by atoms with E-state index >= 15 is 0 Å². The van der Waals surface area contributed by atoms with Crippen molar-refractivity contribution in [3.8, 4) is 17.7 Å². The third-order valence-corrected chi connectivity index (χ3v) is 6.61. The van der Waals surface area contributed by atoms with Crippen molar-refractivity contribution in [3.63, 3.8) is 0 Å². The number of aliphatic hydroxyl groups excluding tert-OH is 1. The van der Waals surface area contributed by atoms with Gasteiger partial charge in [-0.1, -0.05) is 38.5 Å². The second-order valence-electron chi connectivity index (χ2n) is 9.56. The van der Waals surface area contributed by atoms with E-state index in [-0.39, 0.29) is 48.5 Å². The normalized spacial score (nSPS) is 21.4. The second kappa shape index (κ2) is 12.1. The molecule has 2 heterocycles. The summed E-state index contributed by atoms with van der Waals surface area (Å²) in [6, 6.07) is 1.48. The predicted molar refractivity (Wildman–Crippen MR) is 131 cm³/mol. The van der Waals surface area contributed by atoms with E-state index < -0.39 is 0 Å². The Hall–Kier alpha value is -2.79. The van der Waals surface area contributed by atoms with Crippen molar-refractivity contribution >= 4 is 11.9 Å². The molecule has 2 aliphatic rings. The van der Waals surface area contributed by atoms with E-state index in [2.05, 4.69) is 29.1 Å². The van der Waals surface area contributed by atoms with Crippen LogP contribution in [0.25, 0.3) is 0 Å². The number of nitrogens with zero attached hydrogens (tertiary/aromatic N) is 3. The number of carbonyl (C=O) groups excluding carboxylic acids is 2. The van der Waals surface area contributed by atoms with Crippen molar-refractivity contribution in [2.24, 2.45) is 5.92 Å². The molecular weight excluding hydrogens is 432 g/mol. The summed E-state index contributed by atoms with van der Waals surface area (Å²) in [4.78, 5) is 33.9. The molecule has 0 saturated heterocycles. The van der Waals surface area contributed by atoms with Crippen LogP contribution in [0, 0.1) is 17.8 Å². The summed E-state index contributed by atoms with van der Waals surface area (Å²) in [6.07, 6.45) is 7.31. The lowest BCUT2D eigenvalue weighted by Crippen LogP contribution is -2.52. The summed E-state index contributed by atoms with van der Waals surface area (Å²) in [5.41, 5.74) is 0.984. The number of nitrogens with one attached hydrogen (secondary N) is 1. The number of rotatable bonds is 6. The van der Waals surface area contributed by atoms with E-state index in [0.717, 1.165) is 38.5 Å². The number of pyridine rings is 1. The van der Waals surface area contributed by atoms with Crippen LogP contribution in [-0.2, 0) is 0 Å². The van der Waals surface area contributed by atoms with Gasteiger partial charge >= 0.3 is 6.03 Å². The molecular formula is C26H38N4O4. The highest BCUT2D eigenvalue weighted by Crippen LogP contribution is 2.27. The van der Waals surface area contributed by atoms with Crippen LogP contribution in [0.2, 0.25) is 0 Å². The molecule has 0 unspecified atom stereocenters. The summed E-state index contributed by atoms with van der Waals surface area (Å²) in [7, 11) is 1.76. The summed E-state index contributed by atoms with van der Waals surface area (Å²) >= 11 is 0. The van der Waals surface area contributed by atoms with E-state index in [0.29, 0.717) is 24.2 Å². The molecule has 0 aromatic carbocycles. The Labute approximate surface area is 203 Å². The molecule has 186 valence electrons. The molecule has 2 N–H and O–H groups in total. The Balaban J connectivity index is 1.85. The van der Waals surface area contributed by atoms with Crippen LogP contribution in [0.5, 0.6) is 5.88 Å². The number of likely N-dealkylation sites (N-methyl/N-ethyl adjacent to an activating group) is 1. The average molecular weight is 471 g/mol. The monoisotopic (exact) mass is 470 g/mol. The zero-order valence-corrected chi connectivity index (χ0v) is 20.8. The quantitative estimate of drug-likeness (QED) is 0.623. The molecule has 3 atom stereocenters. The molecule has 3 amide bonds. The lowest BCUT2D eigenvalue weighted by Gasteiger charge is -2.37. The summed E-state index contributed by atoms with van der Waals surface area (Å²) in [5, 5.41) is 12.9. The number of carbonyl (C=O) groups is 2. The number of ether oxygens (including phenoxy) is 1. The third-order valence-electron chi connectivity index (χ3n) is 6.61. The molecule has 34 heavy (non-hydrogen) atoms. The molecule has 1 aromatic rings. The van der Waals surface area contributed by atoms with Gasteiger partial charge in [0, 0.05) is 43.7 Å². The van der Waals surface area contributed by atoms with Gasteiger partial charge in [0.1, 0.15) is 11.7 Å². The topological polar surface area (TPSA) is 95.0 Å². The fourth-order valence-corrected chi connectivity index (χ4v) is 4.39. The highest BCUT2D eigenvalue weighted by Gasteiger charge is 2.35. The number of hydrogen-bond donors (Lipinski definition) is 2. The van der Waals surface area contributed by atoms with Gasteiger partial charge in [-0.05, 0) is 32.3 Å². The van der Waals surface area contributed by atoms with Gasteiger partial charge in [0.2, 0.25) is 5.88 Å². The highest BCUT2D eigenvalue weighted by molar-refractivity contribution is 5.97. The van der Waals surface area contributed by atoms with Crippen molar-refractivity contribution in [3.05, 3.63) is 23.4 Å². The minimum atomic E-state index is -0.371. The standard InChI is InChI=1S/C26H38N4O4/c1-5-6-7-10-20-13-22-24(27-14-20)34-23(18(2)15-30(25(22)32)19(3)17-31)16-29(4)26(33)28-21-11-8-9-12-21/h13-14,18-19,21,23,31H,5-6,8-9,11-12,15-17H2,1-4H3,(H,28,33)/t18-,19-,23+/m1/s1. The van der Waals surface area contributed by atoms with Gasteiger partial charge in [-0.2, -0.15) is 0 Å². The van der Waals surface area contributed by atoms with Crippen LogP contribution in [0.1, 0.15) is 75.2 Å². The van der Waals surface area contributed by atoms with Crippen molar-refractivity contribution in [2.75, 3.05) is 26.7 Å². The first kappa shape index (κ1) is 25.8. The average Bonchev–Trinajstić information content (AvgIpc) is 3.34. The van der Waals surface area contributed by atoms with Crippen molar-refractivity contribution in [1.82, 2.24) is 20.1 Å². The number of hydrogen-bond acceptors (Lipinski definition) is 5. The SMILES string of the molecule is CCCC#Cc1cnc2c(c1)C(=O)N([C@H](C)CO)C[C@@H](C)[C@H](CN(C)C(=O)NC1CCCC1)O2. The summed E-state index contributed by atoms with van der Waals surface area (Å²) in [6.45, 7) is 6.48. The van der Waals surface area contributed by atoms with Gasteiger partial charge < -0.3 is 25.0 Å².